The average Bonchev–Trinajstić information content (AvgIpc) is 2.49. The minimum absolute atomic E-state index is 0.590. The summed E-state index contributed by atoms with van der Waals surface area (Å²) in [5, 5.41) is 12.4. The van der Waals surface area contributed by atoms with Crippen molar-refractivity contribution in [2.45, 2.75) is 52.0 Å². The van der Waals surface area contributed by atoms with Crippen LogP contribution < -0.4 is 10.1 Å². The molecule has 0 aromatic heterocycles. The maximum absolute atomic E-state index is 8.93. The Morgan fingerprint density at radius 1 is 1.15 bits per heavy atom. The largest absolute Gasteiger partial charge is 0.495 e. The minimum Gasteiger partial charge on any atom is -0.495 e. The summed E-state index contributed by atoms with van der Waals surface area (Å²) in [5.74, 6) is 0.659. The molecule has 3 heteroatoms. The van der Waals surface area contributed by atoms with Crippen LogP contribution in [0.25, 0.3) is 0 Å². The van der Waals surface area contributed by atoms with E-state index in [0.717, 1.165) is 18.7 Å². The van der Waals surface area contributed by atoms with Crippen molar-refractivity contribution in [1.29, 1.82) is 5.26 Å². The lowest BCUT2D eigenvalue weighted by atomic mass is 10.1. The van der Waals surface area contributed by atoms with Crippen LogP contribution in [0.1, 0.15) is 56.6 Å². The third-order valence-corrected chi connectivity index (χ3v) is 3.42. The Labute approximate surface area is 123 Å². The first kappa shape index (κ1) is 16.5. The zero-order chi connectivity index (χ0) is 14.6. The van der Waals surface area contributed by atoms with Gasteiger partial charge in [-0.1, -0.05) is 45.1 Å². The molecule has 0 saturated heterocycles. The van der Waals surface area contributed by atoms with Gasteiger partial charge in [0, 0.05) is 6.54 Å². The molecule has 0 aliphatic heterocycles. The van der Waals surface area contributed by atoms with Gasteiger partial charge in [-0.2, -0.15) is 5.26 Å². The third kappa shape index (κ3) is 6.08. The molecule has 1 aromatic rings. The van der Waals surface area contributed by atoms with Gasteiger partial charge in [-0.15, -0.1) is 0 Å². The molecule has 20 heavy (non-hydrogen) atoms. The number of nitriles is 1. The van der Waals surface area contributed by atoms with Gasteiger partial charge < -0.3 is 10.1 Å². The molecule has 0 unspecified atom stereocenters. The van der Waals surface area contributed by atoms with Crippen molar-refractivity contribution in [3.63, 3.8) is 0 Å². The summed E-state index contributed by atoms with van der Waals surface area (Å²) in [7, 11) is 1.60. The number of nitrogens with zero attached hydrogens (tertiary/aromatic N) is 1. The quantitative estimate of drug-likeness (QED) is 0.655. The van der Waals surface area contributed by atoms with Crippen LogP contribution in [0.15, 0.2) is 18.2 Å². The number of unbranched alkanes of at least 4 members (excludes halogenated alkanes) is 5. The van der Waals surface area contributed by atoms with Gasteiger partial charge in [0.15, 0.2) is 0 Å². The van der Waals surface area contributed by atoms with Crippen molar-refractivity contribution in [2.24, 2.45) is 0 Å². The number of rotatable bonds is 10. The Hall–Kier alpha value is -1.53. The van der Waals surface area contributed by atoms with E-state index in [2.05, 4.69) is 18.3 Å². The molecule has 0 fully saturated rings. The summed E-state index contributed by atoms with van der Waals surface area (Å²) in [5.41, 5.74) is 1.75. The highest BCUT2D eigenvalue weighted by molar-refractivity contribution is 5.45. The maximum atomic E-state index is 8.93. The molecule has 0 saturated carbocycles. The second-order valence-corrected chi connectivity index (χ2v) is 5.09. The predicted octanol–water partition coefficient (Wildman–Crippen LogP) is 4.02. The van der Waals surface area contributed by atoms with E-state index in [-0.39, 0.29) is 0 Å². The summed E-state index contributed by atoms with van der Waals surface area (Å²) in [4.78, 5) is 0. The van der Waals surface area contributed by atoms with Gasteiger partial charge in [-0.25, -0.2) is 0 Å². The Morgan fingerprint density at radius 3 is 2.60 bits per heavy atom. The molecule has 0 heterocycles. The van der Waals surface area contributed by atoms with E-state index in [1.165, 1.54) is 38.5 Å². The smallest absolute Gasteiger partial charge is 0.136 e. The molecule has 0 aliphatic carbocycles. The zero-order valence-electron chi connectivity index (χ0n) is 12.7. The molecule has 3 nitrogen and oxygen atoms in total. The van der Waals surface area contributed by atoms with Gasteiger partial charge in [-0.05, 0) is 30.7 Å². The molecule has 1 N–H and O–H groups in total. The molecule has 0 atom stereocenters. The molecule has 1 rings (SSSR count). The molecule has 0 spiro atoms. The average molecular weight is 274 g/mol. The van der Waals surface area contributed by atoms with Crippen molar-refractivity contribution in [3.8, 4) is 11.8 Å². The van der Waals surface area contributed by atoms with E-state index in [1.54, 1.807) is 7.11 Å². The van der Waals surface area contributed by atoms with Gasteiger partial charge in [0.05, 0.1) is 12.7 Å². The number of benzene rings is 1. The zero-order valence-corrected chi connectivity index (χ0v) is 12.7. The molecule has 0 aliphatic rings. The van der Waals surface area contributed by atoms with E-state index < -0.39 is 0 Å². The predicted molar refractivity (Wildman–Crippen MR) is 82.8 cm³/mol. The second-order valence-electron chi connectivity index (χ2n) is 5.09. The second kappa shape index (κ2) is 10.3. The van der Waals surface area contributed by atoms with Crippen molar-refractivity contribution in [3.05, 3.63) is 29.3 Å². The van der Waals surface area contributed by atoms with E-state index in [1.807, 2.05) is 18.2 Å². The highest BCUT2D eigenvalue weighted by Crippen LogP contribution is 2.19. The van der Waals surface area contributed by atoms with Crippen LogP contribution in [-0.2, 0) is 6.54 Å². The van der Waals surface area contributed by atoms with Crippen molar-refractivity contribution in [1.82, 2.24) is 5.32 Å². The SMILES string of the molecule is CCCCCCCCNCc1ccc(C#N)c(OC)c1. The summed E-state index contributed by atoms with van der Waals surface area (Å²) in [6, 6.07) is 7.87. The number of methoxy groups -OCH3 is 1. The van der Waals surface area contributed by atoms with Crippen LogP contribution in [0.4, 0.5) is 0 Å². The van der Waals surface area contributed by atoms with Crippen LogP contribution in [-0.4, -0.2) is 13.7 Å². The van der Waals surface area contributed by atoms with Crippen molar-refractivity contribution >= 4 is 0 Å². The summed E-state index contributed by atoms with van der Waals surface area (Å²) < 4.78 is 5.21. The highest BCUT2D eigenvalue weighted by Gasteiger charge is 2.03. The Balaban J connectivity index is 2.21. The van der Waals surface area contributed by atoms with Crippen LogP contribution in [0.2, 0.25) is 0 Å². The lowest BCUT2D eigenvalue weighted by Gasteiger charge is -2.08. The minimum atomic E-state index is 0.590. The molecule has 0 amide bonds. The van der Waals surface area contributed by atoms with Gasteiger partial charge in [-0.3, -0.25) is 0 Å². The molecule has 110 valence electrons. The van der Waals surface area contributed by atoms with Crippen LogP contribution in [0, 0.1) is 11.3 Å². The summed E-state index contributed by atoms with van der Waals surface area (Å²) in [6.07, 6.45) is 7.92. The van der Waals surface area contributed by atoms with E-state index in [4.69, 9.17) is 10.00 Å². The third-order valence-electron chi connectivity index (χ3n) is 3.42. The van der Waals surface area contributed by atoms with Gasteiger partial charge in [0.25, 0.3) is 0 Å². The van der Waals surface area contributed by atoms with Gasteiger partial charge >= 0.3 is 0 Å². The summed E-state index contributed by atoms with van der Waals surface area (Å²) in [6.45, 7) is 4.12. The molecular weight excluding hydrogens is 248 g/mol. The lowest BCUT2D eigenvalue weighted by molar-refractivity contribution is 0.412. The van der Waals surface area contributed by atoms with E-state index in [9.17, 15) is 0 Å². The van der Waals surface area contributed by atoms with Crippen molar-refractivity contribution < 1.29 is 4.74 Å². The Morgan fingerprint density at radius 2 is 1.90 bits per heavy atom. The van der Waals surface area contributed by atoms with E-state index in [0.29, 0.717) is 11.3 Å². The number of hydrogen-bond acceptors (Lipinski definition) is 3. The number of nitrogens with one attached hydrogen (secondary N) is 1. The first-order chi connectivity index (χ1) is 9.81. The Bertz CT molecular complexity index is 423. The van der Waals surface area contributed by atoms with Crippen LogP contribution in [0.3, 0.4) is 0 Å². The summed E-state index contributed by atoms with van der Waals surface area (Å²) >= 11 is 0. The van der Waals surface area contributed by atoms with Crippen LogP contribution >= 0.6 is 0 Å². The van der Waals surface area contributed by atoms with E-state index >= 15 is 0 Å². The molecule has 1 aromatic carbocycles. The fraction of sp³-hybridized carbons (Fsp3) is 0.588. The first-order valence-corrected chi connectivity index (χ1v) is 7.59. The number of ether oxygens (including phenoxy) is 1. The highest BCUT2D eigenvalue weighted by atomic mass is 16.5. The fourth-order valence-corrected chi connectivity index (χ4v) is 2.20. The van der Waals surface area contributed by atoms with Gasteiger partial charge in [0.2, 0.25) is 0 Å². The molecular formula is C17H26N2O. The molecule has 0 radical (unpaired) electrons. The molecule has 0 bridgehead atoms. The first-order valence-electron chi connectivity index (χ1n) is 7.59. The fourth-order valence-electron chi connectivity index (χ4n) is 2.20. The number of hydrogen-bond donors (Lipinski definition) is 1. The standard InChI is InChI=1S/C17H26N2O/c1-3-4-5-6-7-8-11-19-14-15-9-10-16(13-18)17(12-15)20-2/h9-10,12,19H,3-8,11,14H2,1-2H3. The van der Waals surface area contributed by atoms with Crippen LogP contribution in [0.5, 0.6) is 5.75 Å². The normalized spacial score (nSPS) is 10.2. The lowest BCUT2D eigenvalue weighted by Crippen LogP contribution is -2.14. The van der Waals surface area contributed by atoms with Gasteiger partial charge in [0.1, 0.15) is 11.8 Å². The van der Waals surface area contributed by atoms with Crippen molar-refractivity contribution in [2.75, 3.05) is 13.7 Å². The maximum Gasteiger partial charge on any atom is 0.136 e. The topological polar surface area (TPSA) is 45.0 Å². The Kier molecular flexibility index (Phi) is 8.49. The monoisotopic (exact) mass is 274 g/mol.